The predicted molar refractivity (Wildman–Crippen MR) is 113 cm³/mol. The number of nitriles is 1. The van der Waals surface area contributed by atoms with Gasteiger partial charge in [0.05, 0.1) is 17.3 Å². The Morgan fingerprint density at radius 3 is 2.89 bits per heavy atom. The van der Waals surface area contributed by atoms with Crippen LogP contribution in [0.1, 0.15) is 18.4 Å². The molecule has 2 heterocycles. The van der Waals surface area contributed by atoms with Crippen molar-refractivity contribution in [3.63, 3.8) is 0 Å². The van der Waals surface area contributed by atoms with E-state index in [-0.39, 0.29) is 17.2 Å². The van der Waals surface area contributed by atoms with Gasteiger partial charge in [-0.1, -0.05) is 42.1 Å². The molecular weight excluding hydrogens is 392 g/mol. The van der Waals surface area contributed by atoms with Gasteiger partial charge >= 0.3 is 0 Å². The summed E-state index contributed by atoms with van der Waals surface area (Å²) in [6.07, 6.45) is 1.67. The maximum Gasteiger partial charge on any atom is 0.272 e. The van der Waals surface area contributed by atoms with Gasteiger partial charge in [-0.3, -0.25) is 14.2 Å². The van der Waals surface area contributed by atoms with Crippen molar-refractivity contribution in [2.75, 3.05) is 12.3 Å². The third-order valence-electron chi connectivity index (χ3n) is 4.16. The quantitative estimate of drug-likeness (QED) is 0.431. The zero-order chi connectivity index (χ0) is 19.8. The molecule has 1 aromatic carbocycles. The van der Waals surface area contributed by atoms with Crippen molar-refractivity contribution in [1.29, 1.82) is 5.26 Å². The summed E-state index contributed by atoms with van der Waals surface area (Å²) in [7, 11) is 0. The van der Waals surface area contributed by atoms with Gasteiger partial charge in [0, 0.05) is 19.5 Å². The van der Waals surface area contributed by atoms with Crippen LogP contribution in [0.25, 0.3) is 10.2 Å². The van der Waals surface area contributed by atoms with Crippen LogP contribution in [0.4, 0.5) is 0 Å². The lowest BCUT2D eigenvalue weighted by atomic mass is 10.1. The first kappa shape index (κ1) is 20.1. The fraction of sp³-hybridized carbons (Fsp3) is 0.300. The molecule has 0 saturated carbocycles. The van der Waals surface area contributed by atoms with E-state index in [1.54, 1.807) is 4.57 Å². The largest absolute Gasteiger partial charge is 0.356 e. The van der Waals surface area contributed by atoms with E-state index in [1.165, 1.54) is 28.7 Å². The van der Waals surface area contributed by atoms with E-state index in [4.69, 9.17) is 5.26 Å². The van der Waals surface area contributed by atoms with Gasteiger partial charge in [0.1, 0.15) is 4.70 Å². The maximum absolute atomic E-state index is 12.7. The van der Waals surface area contributed by atoms with Crippen molar-refractivity contribution in [3.8, 4) is 6.07 Å². The monoisotopic (exact) mass is 412 g/mol. The van der Waals surface area contributed by atoms with Gasteiger partial charge in [0.15, 0.2) is 5.16 Å². The average molecular weight is 413 g/mol. The van der Waals surface area contributed by atoms with E-state index < -0.39 is 0 Å². The standard InChI is InChI=1S/C20H20N4O2S2/c21-10-14-28-20-23-16-9-13-27-18(16)19(26)24(20)12-4-7-17(25)22-11-8-15-5-2-1-3-6-15/h1-3,5-6,9,13H,4,7-8,11-12,14H2,(H,22,25). The molecule has 0 atom stereocenters. The number of amides is 1. The number of nitrogens with zero attached hydrogens (tertiary/aromatic N) is 3. The van der Waals surface area contributed by atoms with Crippen molar-refractivity contribution in [3.05, 3.63) is 57.7 Å². The Morgan fingerprint density at radius 1 is 1.29 bits per heavy atom. The SMILES string of the molecule is N#CCSc1nc2ccsc2c(=O)n1CCCC(=O)NCCc1ccccc1. The number of aromatic nitrogens is 2. The topological polar surface area (TPSA) is 87.8 Å². The van der Waals surface area contributed by atoms with Crippen molar-refractivity contribution in [2.24, 2.45) is 0 Å². The van der Waals surface area contributed by atoms with Gasteiger partial charge in [-0.15, -0.1) is 11.3 Å². The normalized spacial score (nSPS) is 10.7. The highest BCUT2D eigenvalue weighted by atomic mass is 32.2. The molecule has 8 heteroatoms. The van der Waals surface area contributed by atoms with Crippen LogP contribution in [-0.4, -0.2) is 27.8 Å². The summed E-state index contributed by atoms with van der Waals surface area (Å²) in [5.41, 5.74) is 1.74. The fourth-order valence-electron chi connectivity index (χ4n) is 2.80. The third-order valence-corrected chi connectivity index (χ3v) is 5.90. The molecule has 0 spiro atoms. The smallest absolute Gasteiger partial charge is 0.272 e. The Labute approximate surface area is 171 Å². The van der Waals surface area contributed by atoms with E-state index in [0.29, 0.717) is 41.3 Å². The summed E-state index contributed by atoms with van der Waals surface area (Å²) >= 11 is 2.60. The number of hydrogen-bond donors (Lipinski definition) is 1. The minimum Gasteiger partial charge on any atom is -0.356 e. The molecule has 0 aliphatic heterocycles. The Bertz CT molecular complexity index is 1040. The lowest BCUT2D eigenvalue weighted by Crippen LogP contribution is -2.27. The molecule has 1 amide bonds. The molecule has 0 aliphatic rings. The van der Waals surface area contributed by atoms with Gasteiger partial charge in [-0.25, -0.2) is 4.98 Å². The summed E-state index contributed by atoms with van der Waals surface area (Å²) in [6.45, 7) is 0.994. The molecule has 2 aromatic heterocycles. The number of fused-ring (bicyclic) bond motifs is 1. The molecule has 6 nitrogen and oxygen atoms in total. The molecular formula is C20H20N4O2S2. The number of hydrogen-bond acceptors (Lipinski definition) is 6. The molecule has 144 valence electrons. The molecule has 0 unspecified atom stereocenters. The van der Waals surface area contributed by atoms with E-state index in [9.17, 15) is 9.59 Å². The van der Waals surface area contributed by atoms with E-state index >= 15 is 0 Å². The summed E-state index contributed by atoms with van der Waals surface area (Å²) in [5.74, 6) is 0.197. The van der Waals surface area contributed by atoms with Gasteiger partial charge in [0.25, 0.3) is 5.56 Å². The first-order chi connectivity index (χ1) is 13.7. The van der Waals surface area contributed by atoms with Crippen LogP contribution in [0.2, 0.25) is 0 Å². The molecule has 28 heavy (non-hydrogen) atoms. The van der Waals surface area contributed by atoms with E-state index in [1.807, 2.05) is 41.8 Å². The van der Waals surface area contributed by atoms with Crippen LogP contribution in [0.5, 0.6) is 0 Å². The molecule has 0 bridgehead atoms. The average Bonchev–Trinajstić information content (AvgIpc) is 3.18. The molecule has 0 fully saturated rings. The van der Waals surface area contributed by atoms with E-state index in [2.05, 4.69) is 16.4 Å². The van der Waals surface area contributed by atoms with Crippen LogP contribution in [0, 0.1) is 11.3 Å². The minimum absolute atomic E-state index is 0.0274. The summed E-state index contributed by atoms with van der Waals surface area (Å²) in [4.78, 5) is 29.3. The van der Waals surface area contributed by atoms with Crippen molar-refractivity contribution in [1.82, 2.24) is 14.9 Å². The number of carbonyl (C=O) groups excluding carboxylic acids is 1. The fourth-order valence-corrected chi connectivity index (χ4v) is 4.27. The first-order valence-corrected chi connectivity index (χ1v) is 10.8. The van der Waals surface area contributed by atoms with Crippen molar-refractivity contribution >= 4 is 39.2 Å². The zero-order valence-electron chi connectivity index (χ0n) is 15.3. The van der Waals surface area contributed by atoms with Crippen LogP contribution < -0.4 is 10.9 Å². The zero-order valence-corrected chi connectivity index (χ0v) is 16.9. The number of thioether (sulfide) groups is 1. The highest BCUT2D eigenvalue weighted by Crippen LogP contribution is 2.21. The Hall–Kier alpha value is -2.63. The van der Waals surface area contributed by atoms with Gasteiger partial charge in [0.2, 0.25) is 5.91 Å². The molecule has 0 radical (unpaired) electrons. The number of carbonyl (C=O) groups is 1. The third kappa shape index (κ3) is 5.21. The van der Waals surface area contributed by atoms with Crippen molar-refractivity contribution in [2.45, 2.75) is 31.0 Å². The van der Waals surface area contributed by atoms with Crippen molar-refractivity contribution < 1.29 is 4.79 Å². The first-order valence-electron chi connectivity index (χ1n) is 8.97. The molecule has 3 rings (SSSR count). The Kier molecular flexibility index (Phi) is 7.23. The lowest BCUT2D eigenvalue weighted by Gasteiger charge is -2.11. The molecule has 1 N–H and O–H groups in total. The number of rotatable bonds is 9. The maximum atomic E-state index is 12.7. The lowest BCUT2D eigenvalue weighted by molar-refractivity contribution is -0.121. The predicted octanol–water partition coefficient (Wildman–Crippen LogP) is 3.21. The molecule has 0 aliphatic carbocycles. The van der Waals surface area contributed by atoms with Crippen LogP contribution in [0.3, 0.4) is 0 Å². The van der Waals surface area contributed by atoms with E-state index in [0.717, 1.165) is 6.42 Å². The van der Waals surface area contributed by atoms with Gasteiger partial charge in [-0.05, 0) is 29.9 Å². The van der Waals surface area contributed by atoms with Gasteiger partial charge < -0.3 is 5.32 Å². The highest BCUT2D eigenvalue weighted by molar-refractivity contribution is 7.99. The second-order valence-corrected chi connectivity index (χ2v) is 7.98. The number of benzene rings is 1. The molecule has 3 aromatic rings. The highest BCUT2D eigenvalue weighted by Gasteiger charge is 2.13. The van der Waals surface area contributed by atoms with Crippen LogP contribution in [0.15, 0.2) is 51.7 Å². The molecule has 0 saturated heterocycles. The number of nitrogens with one attached hydrogen (secondary N) is 1. The second kappa shape index (κ2) is 10.1. The Morgan fingerprint density at radius 2 is 2.11 bits per heavy atom. The Balaban J connectivity index is 1.55. The van der Waals surface area contributed by atoms with Crippen LogP contribution >= 0.6 is 23.1 Å². The summed E-state index contributed by atoms with van der Waals surface area (Å²) in [5, 5.41) is 14.1. The summed E-state index contributed by atoms with van der Waals surface area (Å²) in [6, 6.07) is 13.9. The van der Waals surface area contributed by atoms with Gasteiger partial charge in [-0.2, -0.15) is 5.26 Å². The minimum atomic E-state index is -0.107. The number of thiophene rings is 1. The van der Waals surface area contributed by atoms with Crippen LogP contribution in [-0.2, 0) is 17.8 Å². The second-order valence-electron chi connectivity index (χ2n) is 6.12. The summed E-state index contributed by atoms with van der Waals surface area (Å²) < 4.78 is 2.19.